The second kappa shape index (κ2) is 6.82. The summed E-state index contributed by atoms with van der Waals surface area (Å²) in [5.41, 5.74) is 4.76. The van der Waals surface area contributed by atoms with E-state index in [0.717, 1.165) is 0 Å². The molecular weight excluding hydrogens is 198 g/mol. The molecule has 1 aromatic rings. The van der Waals surface area contributed by atoms with E-state index in [1.54, 1.807) is 24.3 Å². The van der Waals surface area contributed by atoms with Gasteiger partial charge in [-0.05, 0) is 22.8 Å². The Balaban J connectivity index is 0.000000561. The molecule has 0 saturated heterocycles. The van der Waals surface area contributed by atoms with E-state index in [-0.39, 0.29) is 0 Å². The van der Waals surface area contributed by atoms with E-state index in [1.807, 2.05) is 6.07 Å². The summed E-state index contributed by atoms with van der Waals surface area (Å²) in [6.45, 7) is 0. The van der Waals surface area contributed by atoms with Crippen LogP contribution >= 0.6 is 22.5 Å². The Bertz CT molecular complexity index is 230. The second-order valence-corrected chi connectivity index (χ2v) is 1.73. The standard InChI is InChI=1S/C7H7NO2.ClS/c8-7(9)10-6-4-2-1-3-5-6;1-2/h1-5H,(H2,8,9);. The number of benzene rings is 1. The van der Waals surface area contributed by atoms with Crippen molar-refractivity contribution in [1.82, 2.24) is 0 Å². The van der Waals surface area contributed by atoms with Gasteiger partial charge in [0.1, 0.15) is 5.75 Å². The minimum absolute atomic E-state index is 0.468. The quantitative estimate of drug-likeness (QED) is 0.764. The van der Waals surface area contributed by atoms with Gasteiger partial charge >= 0.3 is 6.09 Å². The summed E-state index contributed by atoms with van der Waals surface area (Å²) >= 11 is 3.56. The Morgan fingerprint density at radius 3 is 2.25 bits per heavy atom. The normalized spacial score (nSPS) is 7.83. The first-order valence-corrected chi connectivity index (χ1v) is 4.20. The van der Waals surface area contributed by atoms with Gasteiger partial charge in [0, 0.05) is 11.8 Å². The summed E-state index contributed by atoms with van der Waals surface area (Å²) < 4.78 is 4.55. The number of ether oxygens (including phenoxy) is 1. The number of para-hydroxylation sites is 1. The molecule has 65 valence electrons. The Labute approximate surface area is 80.4 Å². The lowest BCUT2D eigenvalue weighted by atomic mass is 10.3. The summed E-state index contributed by atoms with van der Waals surface area (Å²) in [4.78, 5) is 10.2. The Morgan fingerprint density at radius 1 is 1.33 bits per heavy atom. The first-order chi connectivity index (χ1) is 5.79. The van der Waals surface area contributed by atoms with Crippen molar-refractivity contribution in [3.05, 3.63) is 30.3 Å². The lowest BCUT2D eigenvalue weighted by Crippen LogP contribution is -2.15. The van der Waals surface area contributed by atoms with Crippen molar-refractivity contribution in [2.45, 2.75) is 0 Å². The number of hydrogen-bond donors (Lipinski definition) is 1. The lowest BCUT2D eigenvalue weighted by Gasteiger charge is -1.96. The number of halogens is 1. The number of carbonyl (C=O) groups is 1. The molecule has 3 nitrogen and oxygen atoms in total. The van der Waals surface area contributed by atoms with Gasteiger partial charge in [-0.1, -0.05) is 18.2 Å². The third-order valence-electron chi connectivity index (χ3n) is 0.962. The van der Waals surface area contributed by atoms with Gasteiger partial charge in [-0.15, -0.1) is 0 Å². The number of primary amides is 1. The Morgan fingerprint density at radius 2 is 1.83 bits per heavy atom. The first kappa shape index (κ1) is 11.1. The van der Waals surface area contributed by atoms with Crippen LogP contribution in [0.3, 0.4) is 0 Å². The molecule has 2 N–H and O–H groups in total. The number of rotatable bonds is 1. The maximum atomic E-state index is 10.2. The summed E-state index contributed by atoms with van der Waals surface area (Å²) in [6, 6.07) is 8.67. The fraction of sp³-hybridized carbons (Fsp3) is 0. The minimum Gasteiger partial charge on any atom is -0.411 e. The number of nitrogens with two attached hydrogens (primary N) is 1. The third-order valence-corrected chi connectivity index (χ3v) is 0.962. The zero-order valence-electron chi connectivity index (χ0n) is 6.07. The van der Waals surface area contributed by atoms with Gasteiger partial charge in [0.2, 0.25) is 0 Å². The van der Waals surface area contributed by atoms with Crippen LogP contribution in [0.25, 0.3) is 0 Å². The van der Waals surface area contributed by atoms with Crippen LogP contribution in [0.1, 0.15) is 0 Å². The predicted molar refractivity (Wildman–Crippen MR) is 50.1 cm³/mol. The molecule has 1 aromatic carbocycles. The average Bonchev–Trinajstić information content (AvgIpc) is 2.08. The number of carbonyl (C=O) groups excluding carboxylic acids is 1. The second-order valence-electron chi connectivity index (χ2n) is 1.73. The summed E-state index contributed by atoms with van der Waals surface area (Å²) in [6.07, 6.45) is -0.786. The molecule has 12 heavy (non-hydrogen) atoms. The molecule has 0 atom stereocenters. The molecule has 1 radical (unpaired) electrons. The largest absolute Gasteiger partial charge is 0.411 e. The van der Waals surface area contributed by atoms with Crippen LogP contribution in [0.15, 0.2) is 30.3 Å². The summed E-state index contributed by atoms with van der Waals surface area (Å²) in [5, 5.41) is 0. The molecule has 0 aliphatic rings. The van der Waals surface area contributed by atoms with E-state index >= 15 is 0 Å². The number of hydrogen-bond acceptors (Lipinski definition) is 2. The molecule has 0 unspecified atom stereocenters. The molecule has 1 amide bonds. The van der Waals surface area contributed by atoms with Crippen LogP contribution in [0.2, 0.25) is 0 Å². The highest BCUT2D eigenvalue weighted by atomic mass is 35.7. The summed E-state index contributed by atoms with van der Waals surface area (Å²) in [5.74, 6) is 0.468. The van der Waals surface area contributed by atoms with E-state index in [9.17, 15) is 4.79 Å². The van der Waals surface area contributed by atoms with Crippen LogP contribution in [-0.2, 0) is 0 Å². The van der Waals surface area contributed by atoms with Gasteiger partial charge in [-0.25, -0.2) is 4.79 Å². The first-order valence-electron chi connectivity index (χ1n) is 2.97. The van der Waals surface area contributed by atoms with Crippen molar-refractivity contribution < 1.29 is 9.53 Å². The van der Waals surface area contributed by atoms with E-state index in [1.165, 1.54) is 0 Å². The molecule has 0 heterocycles. The van der Waals surface area contributed by atoms with E-state index in [2.05, 4.69) is 27.3 Å². The van der Waals surface area contributed by atoms with E-state index < -0.39 is 6.09 Å². The molecule has 0 spiro atoms. The van der Waals surface area contributed by atoms with Gasteiger partial charge in [0.15, 0.2) is 0 Å². The molecule has 0 aliphatic heterocycles. The highest BCUT2D eigenvalue weighted by Crippen LogP contribution is 2.07. The fourth-order valence-electron chi connectivity index (χ4n) is 0.605. The van der Waals surface area contributed by atoms with Gasteiger partial charge in [-0.2, -0.15) is 0 Å². The molecule has 0 bridgehead atoms. The van der Waals surface area contributed by atoms with Crippen LogP contribution < -0.4 is 10.5 Å². The molecule has 0 aromatic heterocycles. The van der Waals surface area contributed by atoms with Crippen LogP contribution in [-0.4, -0.2) is 6.09 Å². The van der Waals surface area contributed by atoms with Crippen molar-refractivity contribution in [1.29, 1.82) is 0 Å². The van der Waals surface area contributed by atoms with E-state index in [4.69, 9.17) is 5.73 Å². The monoisotopic (exact) mass is 204 g/mol. The molecule has 5 heteroatoms. The molecule has 0 saturated carbocycles. The Kier molecular flexibility index (Phi) is 6.32. The zero-order valence-corrected chi connectivity index (χ0v) is 7.64. The smallest absolute Gasteiger partial charge is 0.409 e. The Hall–Kier alpha value is -0.870. The number of amides is 1. The average molecular weight is 205 g/mol. The highest BCUT2D eigenvalue weighted by molar-refractivity contribution is 8.05. The molecule has 0 fully saturated rings. The van der Waals surface area contributed by atoms with Crippen molar-refractivity contribution in [2.75, 3.05) is 0 Å². The van der Waals surface area contributed by atoms with Crippen molar-refractivity contribution in [3.63, 3.8) is 0 Å². The van der Waals surface area contributed by atoms with Gasteiger partial charge in [-0.3, -0.25) is 0 Å². The van der Waals surface area contributed by atoms with Crippen molar-refractivity contribution in [3.8, 4) is 5.75 Å². The van der Waals surface area contributed by atoms with Crippen molar-refractivity contribution in [2.24, 2.45) is 5.73 Å². The van der Waals surface area contributed by atoms with Gasteiger partial charge in [0.05, 0.1) is 0 Å². The SMILES string of the molecule is NC(=O)Oc1ccccc1.[S]Cl. The van der Waals surface area contributed by atoms with Crippen LogP contribution in [0.5, 0.6) is 5.75 Å². The summed E-state index contributed by atoms with van der Waals surface area (Å²) in [7, 11) is 4.22. The van der Waals surface area contributed by atoms with Gasteiger partial charge < -0.3 is 10.5 Å². The lowest BCUT2D eigenvalue weighted by molar-refractivity contribution is 0.211. The van der Waals surface area contributed by atoms with Gasteiger partial charge in [0.25, 0.3) is 0 Å². The van der Waals surface area contributed by atoms with E-state index in [0.29, 0.717) is 5.75 Å². The fourth-order valence-corrected chi connectivity index (χ4v) is 0.605. The molecular formula is C7H7ClNO2S. The molecule has 0 aliphatic carbocycles. The predicted octanol–water partition coefficient (Wildman–Crippen LogP) is 2.48. The van der Waals surface area contributed by atoms with Crippen LogP contribution in [0.4, 0.5) is 4.79 Å². The maximum absolute atomic E-state index is 10.2. The highest BCUT2D eigenvalue weighted by Gasteiger charge is 1.93. The van der Waals surface area contributed by atoms with Crippen LogP contribution in [0, 0.1) is 0 Å². The van der Waals surface area contributed by atoms with Crippen molar-refractivity contribution >= 4 is 28.6 Å². The topological polar surface area (TPSA) is 52.3 Å². The molecule has 1 rings (SSSR count). The zero-order chi connectivity index (χ0) is 9.40. The minimum atomic E-state index is -0.786. The maximum Gasteiger partial charge on any atom is 0.409 e. The third kappa shape index (κ3) is 4.87.